The summed E-state index contributed by atoms with van der Waals surface area (Å²) in [6.45, 7) is 8.93. The van der Waals surface area contributed by atoms with Gasteiger partial charge in [0.15, 0.2) is 0 Å². The van der Waals surface area contributed by atoms with Crippen LogP contribution in [-0.2, 0) is 19.1 Å². The molecule has 1 amide bonds. The van der Waals surface area contributed by atoms with Crippen LogP contribution < -0.4 is 0 Å². The summed E-state index contributed by atoms with van der Waals surface area (Å²) in [4.78, 5) is 35.9. The molecule has 116 valence electrons. The molecule has 0 aliphatic heterocycles. The third-order valence-corrected chi connectivity index (χ3v) is 2.81. The molecule has 0 heterocycles. The summed E-state index contributed by atoms with van der Waals surface area (Å²) in [5, 5.41) is 8.83. The second kappa shape index (κ2) is 7.87. The van der Waals surface area contributed by atoms with Crippen LogP contribution in [0.5, 0.6) is 0 Å². The molecule has 0 saturated heterocycles. The van der Waals surface area contributed by atoms with Crippen molar-refractivity contribution in [2.24, 2.45) is 5.41 Å². The van der Waals surface area contributed by atoms with Gasteiger partial charge >= 0.3 is 11.9 Å². The van der Waals surface area contributed by atoms with E-state index in [-0.39, 0.29) is 37.9 Å². The number of carbonyl (C=O) groups excluding carboxylic acids is 2. The van der Waals surface area contributed by atoms with Gasteiger partial charge in [-0.1, -0.05) is 13.8 Å². The fraction of sp³-hybridized carbons (Fsp3) is 0.786. The molecule has 1 N–H and O–H groups in total. The minimum Gasteiger partial charge on any atom is -0.481 e. The maximum absolute atomic E-state index is 12.2. The van der Waals surface area contributed by atoms with Gasteiger partial charge in [0.2, 0.25) is 5.91 Å². The van der Waals surface area contributed by atoms with Gasteiger partial charge in [0, 0.05) is 12.5 Å². The van der Waals surface area contributed by atoms with E-state index in [0.717, 1.165) is 0 Å². The molecule has 6 heteroatoms. The Morgan fingerprint density at radius 2 is 1.75 bits per heavy atom. The highest BCUT2D eigenvalue weighted by molar-refractivity contribution is 5.83. The van der Waals surface area contributed by atoms with E-state index < -0.39 is 17.4 Å². The average molecular weight is 287 g/mol. The van der Waals surface area contributed by atoms with E-state index in [2.05, 4.69) is 0 Å². The van der Waals surface area contributed by atoms with E-state index in [1.165, 1.54) is 4.90 Å². The number of nitrogens with zero attached hydrogens (tertiary/aromatic N) is 1. The summed E-state index contributed by atoms with van der Waals surface area (Å²) in [6, 6.07) is -0.146. The highest BCUT2D eigenvalue weighted by Crippen LogP contribution is 2.26. The first-order chi connectivity index (χ1) is 9.09. The van der Waals surface area contributed by atoms with E-state index in [0.29, 0.717) is 0 Å². The van der Waals surface area contributed by atoms with E-state index in [1.54, 1.807) is 34.6 Å². The van der Waals surface area contributed by atoms with Crippen molar-refractivity contribution in [3.63, 3.8) is 0 Å². The zero-order valence-electron chi connectivity index (χ0n) is 12.9. The zero-order chi connectivity index (χ0) is 15.9. The number of amides is 1. The lowest BCUT2D eigenvalue weighted by Gasteiger charge is -2.30. The first kappa shape index (κ1) is 18.4. The van der Waals surface area contributed by atoms with Gasteiger partial charge < -0.3 is 14.7 Å². The Morgan fingerprint density at radius 3 is 2.15 bits per heavy atom. The largest absolute Gasteiger partial charge is 0.481 e. The molecule has 0 spiro atoms. The summed E-state index contributed by atoms with van der Waals surface area (Å²) in [7, 11) is 0. The van der Waals surface area contributed by atoms with E-state index in [4.69, 9.17) is 9.84 Å². The summed E-state index contributed by atoms with van der Waals surface area (Å²) >= 11 is 0. The quantitative estimate of drug-likeness (QED) is 0.687. The van der Waals surface area contributed by atoms with Crippen LogP contribution in [0.15, 0.2) is 0 Å². The third-order valence-electron chi connectivity index (χ3n) is 2.81. The maximum atomic E-state index is 12.2. The zero-order valence-corrected chi connectivity index (χ0v) is 12.9. The van der Waals surface area contributed by atoms with Gasteiger partial charge in [-0.15, -0.1) is 0 Å². The van der Waals surface area contributed by atoms with Crippen molar-refractivity contribution < 1.29 is 24.2 Å². The van der Waals surface area contributed by atoms with Gasteiger partial charge in [0.1, 0.15) is 6.54 Å². The number of hydrogen-bond donors (Lipinski definition) is 1. The number of carboxylic acid groups (broad SMARTS) is 1. The molecule has 0 saturated carbocycles. The van der Waals surface area contributed by atoms with E-state index >= 15 is 0 Å². The van der Waals surface area contributed by atoms with Gasteiger partial charge in [-0.2, -0.15) is 0 Å². The van der Waals surface area contributed by atoms with Crippen molar-refractivity contribution in [2.45, 2.75) is 53.5 Å². The van der Waals surface area contributed by atoms with Crippen molar-refractivity contribution in [1.29, 1.82) is 0 Å². The molecule has 0 radical (unpaired) electrons. The molecule has 0 aliphatic rings. The first-order valence-electron chi connectivity index (χ1n) is 6.76. The molecule has 0 aliphatic carbocycles. The number of ether oxygens (including phenoxy) is 1. The lowest BCUT2D eigenvalue weighted by atomic mass is 9.85. The molecule has 0 aromatic heterocycles. The lowest BCUT2D eigenvalue weighted by Crippen LogP contribution is -2.43. The summed E-state index contributed by atoms with van der Waals surface area (Å²) in [5.41, 5.74) is -0.648. The van der Waals surface area contributed by atoms with Crippen LogP contribution in [0.2, 0.25) is 0 Å². The molecule has 0 fully saturated rings. The highest BCUT2D eigenvalue weighted by Gasteiger charge is 2.29. The summed E-state index contributed by atoms with van der Waals surface area (Å²) in [5.74, 6) is -1.63. The normalized spacial score (nSPS) is 11.3. The van der Waals surface area contributed by atoms with Crippen LogP contribution in [0.4, 0.5) is 0 Å². The summed E-state index contributed by atoms with van der Waals surface area (Å²) in [6.07, 6.45) is -0.0129. The Morgan fingerprint density at radius 1 is 1.20 bits per heavy atom. The molecule has 20 heavy (non-hydrogen) atoms. The fourth-order valence-corrected chi connectivity index (χ4v) is 1.89. The second-order valence-electron chi connectivity index (χ2n) is 5.83. The predicted molar refractivity (Wildman–Crippen MR) is 74.1 cm³/mol. The topological polar surface area (TPSA) is 83.9 Å². The van der Waals surface area contributed by atoms with E-state index in [9.17, 15) is 14.4 Å². The smallest absolute Gasteiger partial charge is 0.325 e. The molecule has 0 bridgehead atoms. The van der Waals surface area contributed by atoms with Crippen LogP contribution in [0.25, 0.3) is 0 Å². The number of carboxylic acids is 1. The van der Waals surface area contributed by atoms with Gasteiger partial charge in [-0.3, -0.25) is 14.4 Å². The molecule has 6 nitrogen and oxygen atoms in total. The van der Waals surface area contributed by atoms with Crippen LogP contribution in [0.3, 0.4) is 0 Å². The minimum absolute atomic E-state index is 0.0802. The van der Waals surface area contributed by atoms with Crippen LogP contribution in [0, 0.1) is 5.41 Å². The SMILES string of the molecule is CCOC(=O)CN(C(=O)CC(C)(C)CC(=O)O)C(C)C. The molecular weight excluding hydrogens is 262 g/mol. The molecule has 0 unspecified atom stereocenters. The van der Waals surface area contributed by atoms with Crippen LogP contribution in [0.1, 0.15) is 47.5 Å². The van der Waals surface area contributed by atoms with Gasteiger partial charge in [-0.05, 0) is 26.2 Å². The minimum atomic E-state index is -0.940. The van der Waals surface area contributed by atoms with Crippen molar-refractivity contribution in [3.05, 3.63) is 0 Å². The molecule has 0 aromatic rings. The van der Waals surface area contributed by atoms with Crippen LogP contribution in [-0.4, -0.2) is 47.0 Å². The summed E-state index contributed by atoms with van der Waals surface area (Å²) < 4.78 is 4.84. The van der Waals surface area contributed by atoms with Crippen LogP contribution >= 0.6 is 0 Å². The molecule has 0 atom stereocenters. The Balaban J connectivity index is 4.73. The van der Waals surface area contributed by atoms with Gasteiger partial charge in [-0.25, -0.2) is 0 Å². The van der Waals surface area contributed by atoms with E-state index in [1.807, 2.05) is 0 Å². The third kappa shape index (κ3) is 7.11. The first-order valence-corrected chi connectivity index (χ1v) is 6.76. The monoisotopic (exact) mass is 287 g/mol. The highest BCUT2D eigenvalue weighted by atomic mass is 16.5. The number of aliphatic carboxylic acids is 1. The van der Waals surface area contributed by atoms with Crippen molar-refractivity contribution in [3.8, 4) is 0 Å². The predicted octanol–water partition coefficient (Wildman–Crippen LogP) is 1.68. The number of hydrogen-bond acceptors (Lipinski definition) is 4. The van der Waals surface area contributed by atoms with Crippen molar-refractivity contribution in [2.75, 3.05) is 13.2 Å². The molecular formula is C14H25NO5. The van der Waals surface area contributed by atoms with Crippen molar-refractivity contribution in [1.82, 2.24) is 4.90 Å². The number of rotatable bonds is 8. The second-order valence-corrected chi connectivity index (χ2v) is 5.83. The number of carbonyl (C=O) groups is 3. The van der Waals surface area contributed by atoms with Gasteiger partial charge in [0.05, 0.1) is 13.0 Å². The average Bonchev–Trinajstić information content (AvgIpc) is 2.22. The fourth-order valence-electron chi connectivity index (χ4n) is 1.89. The standard InChI is InChI=1S/C14H25NO5/c1-6-20-13(19)9-15(10(2)3)11(16)7-14(4,5)8-12(17)18/h10H,6-9H2,1-5H3,(H,17,18). The lowest BCUT2D eigenvalue weighted by molar-refractivity contribution is -0.151. The molecule has 0 rings (SSSR count). The van der Waals surface area contributed by atoms with Crippen molar-refractivity contribution >= 4 is 17.8 Å². The maximum Gasteiger partial charge on any atom is 0.325 e. The Kier molecular flexibility index (Phi) is 7.24. The number of esters is 1. The Labute approximate surface area is 120 Å². The Hall–Kier alpha value is -1.59. The molecule has 0 aromatic carbocycles. The van der Waals surface area contributed by atoms with Gasteiger partial charge in [0.25, 0.3) is 0 Å². The Bertz CT molecular complexity index is 363.